The summed E-state index contributed by atoms with van der Waals surface area (Å²) < 4.78 is 11.7. The van der Waals surface area contributed by atoms with Gasteiger partial charge in [-0.1, -0.05) is 72.8 Å². The first-order valence-electron chi connectivity index (χ1n) is 15.8. The maximum Gasteiger partial charge on any atom is 0.409 e. The van der Waals surface area contributed by atoms with E-state index in [-0.39, 0.29) is 36.3 Å². The van der Waals surface area contributed by atoms with Gasteiger partial charge in [0.25, 0.3) is 0 Å². The first-order valence-corrected chi connectivity index (χ1v) is 15.8. The summed E-state index contributed by atoms with van der Waals surface area (Å²) >= 11 is 0. The summed E-state index contributed by atoms with van der Waals surface area (Å²) in [6, 6.07) is 16.2. The minimum atomic E-state index is -0.296. The Labute approximate surface area is 267 Å². The number of ketones is 1. The number of nitrogens with two attached hydrogens (primary N) is 1. The summed E-state index contributed by atoms with van der Waals surface area (Å²) in [6.07, 6.45) is 13.4. The average molecular weight is 617 g/mol. The number of imidazole rings is 1. The van der Waals surface area contributed by atoms with Crippen molar-refractivity contribution < 1.29 is 19.1 Å². The number of allylic oxidation sites excluding steroid dienone is 6. The quantitative estimate of drug-likeness (QED) is 0.249. The van der Waals surface area contributed by atoms with E-state index >= 15 is 0 Å². The van der Waals surface area contributed by atoms with Gasteiger partial charge in [-0.15, -0.1) is 0 Å². The lowest BCUT2D eigenvalue weighted by molar-refractivity contribution is -0.123. The topological polar surface area (TPSA) is 136 Å². The summed E-state index contributed by atoms with van der Waals surface area (Å²) in [6.45, 7) is 1.66. The van der Waals surface area contributed by atoms with Gasteiger partial charge in [0, 0.05) is 31.3 Å². The number of benzene rings is 2. The Morgan fingerprint density at radius 2 is 1.76 bits per heavy atom. The second-order valence-corrected chi connectivity index (χ2v) is 12.0. The van der Waals surface area contributed by atoms with E-state index < -0.39 is 0 Å². The molecule has 1 aliphatic heterocycles. The molecule has 1 amide bonds. The standard InChI is InChI=1S/C36H36N6O4/c37-35-40-33-32(38-22-39-33)34(41-35)45-20-24-12-10-23(11-13-24)18-31(43)25-14-16-42(17-15-25)36(44)46-21-27-19-26-6-2-1-3-7-28(26)30-9-5-4-8-29(27)30/h2-13,22,25,27H,1,14-21H2,(H3,37,38,39,40,41). The molecule has 2 aliphatic carbocycles. The fourth-order valence-corrected chi connectivity index (χ4v) is 6.56. The van der Waals surface area contributed by atoms with Gasteiger partial charge in [0.05, 0.1) is 6.33 Å². The molecule has 7 rings (SSSR count). The number of likely N-dealkylation sites (tertiary alicyclic amines) is 1. The van der Waals surface area contributed by atoms with Crippen LogP contribution in [0, 0.1) is 5.92 Å². The number of ether oxygens (including phenoxy) is 2. The number of piperidine rings is 1. The summed E-state index contributed by atoms with van der Waals surface area (Å²) in [5.41, 5.74) is 13.7. The highest BCUT2D eigenvalue weighted by Gasteiger charge is 2.30. The number of carbonyl (C=O) groups is 2. The van der Waals surface area contributed by atoms with E-state index in [0.717, 1.165) is 24.0 Å². The predicted octanol–water partition coefficient (Wildman–Crippen LogP) is 5.93. The van der Waals surface area contributed by atoms with Crippen molar-refractivity contribution in [2.24, 2.45) is 5.92 Å². The molecule has 3 heterocycles. The molecule has 46 heavy (non-hydrogen) atoms. The molecular formula is C36H36N6O4. The minimum Gasteiger partial charge on any atom is -0.471 e. The highest BCUT2D eigenvalue weighted by Crippen LogP contribution is 2.41. The van der Waals surface area contributed by atoms with Crippen LogP contribution < -0.4 is 10.5 Å². The number of aromatic amines is 1. The van der Waals surface area contributed by atoms with Gasteiger partial charge in [0.15, 0.2) is 5.65 Å². The number of hydrogen-bond donors (Lipinski definition) is 2. The van der Waals surface area contributed by atoms with Crippen LogP contribution in [-0.4, -0.2) is 56.4 Å². The zero-order valence-corrected chi connectivity index (χ0v) is 25.5. The average Bonchev–Trinajstić information content (AvgIpc) is 3.43. The summed E-state index contributed by atoms with van der Waals surface area (Å²) in [4.78, 5) is 43.2. The second-order valence-electron chi connectivity index (χ2n) is 12.0. The first-order chi connectivity index (χ1) is 22.5. The number of nitrogens with one attached hydrogen (secondary N) is 1. The number of hydrogen-bond acceptors (Lipinski definition) is 8. The van der Waals surface area contributed by atoms with Crippen LogP contribution in [0.15, 0.2) is 84.7 Å². The van der Waals surface area contributed by atoms with E-state index in [2.05, 4.69) is 68.5 Å². The maximum atomic E-state index is 13.1. The Morgan fingerprint density at radius 3 is 2.61 bits per heavy atom. The molecule has 10 nitrogen and oxygen atoms in total. The number of aromatic nitrogens is 4. The largest absolute Gasteiger partial charge is 0.471 e. The van der Waals surface area contributed by atoms with E-state index in [1.807, 2.05) is 24.3 Å². The van der Waals surface area contributed by atoms with Crippen LogP contribution in [0.3, 0.4) is 0 Å². The molecule has 3 aliphatic rings. The Kier molecular flexibility index (Phi) is 8.33. The van der Waals surface area contributed by atoms with E-state index in [1.165, 1.54) is 28.6 Å². The Bertz CT molecular complexity index is 1850. The number of anilines is 1. The number of Topliss-reactive ketones (excluding diaryl/α,β-unsaturated/α-hetero) is 1. The van der Waals surface area contributed by atoms with Crippen molar-refractivity contribution in [1.29, 1.82) is 0 Å². The number of H-pyrrole nitrogens is 1. The lowest BCUT2D eigenvalue weighted by atomic mass is 9.79. The van der Waals surface area contributed by atoms with Gasteiger partial charge in [-0.05, 0) is 59.1 Å². The van der Waals surface area contributed by atoms with Crippen LogP contribution in [0.25, 0.3) is 16.7 Å². The molecule has 4 aromatic rings. The molecule has 1 fully saturated rings. The van der Waals surface area contributed by atoms with Crippen LogP contribution in [0.2, 0.25) is 0 Å². The number of amides is 1. The van der Waals surface area contributed by atoms with Crippen molar-refractivity contribution >= 4 is 34.6 Å². The molecule has 1 unspecified atom stereocenters. The lowest BCUT2D eigenvalue weighted by Crippen LogP contribution is -2.41. The zero-order valence-electron chi connectivity index (χ0n) is 25.5. The third kappa shape index (κ3) is 6.28. The molecule has 1 atom stereocenters. The number of fused-ring (bicyclic) bond motifs is 3. The maximum absolute atomic E-state index is 13.1. The Balaban J connectivity index is 0.880. The molecule has 234 valence electrons. The van der Waals surface area contributed by atoms with Crippen LogP contribution >= 0.6 is 0 Å². The SMILES string of the molecule is Nc1nc(OCc2ccc(CC(=O)C3CCN(C(=O)OCC4CC5=C(C=CCC=C5)c5ccccc54)CC3)cc2)c2[nH]cnc2n1. The third-order valence-corrected chi connectivity index (χ3v) is 9.04. The van der Waals surface area contributed by atoms with Crippen molar-refractivity contribution in [3.05, 3.63) is 107 Å². The van der Waals surface area contributed by atoms with Crippen molar-refractivity contribution in [1.82, 2.24) is 24.8 Å². The zero-order chi connectivity index (χ0) is 31.5. The van der Waals surface area contributed by atoms with Gasteiger partial charge >= 0.3 is 6.09 Å². The fourth-order valence-electron chi connectivity index (χ4n) is 6.56. The van der Waals surface area contributed by atoms with Crippen molar-refractivity contribution in [3.63, 3.8) is 0 Å². The normalized spacial score (nSPS) is 17.8. The number of rotatable bonds is 8. The first kappa shape index (κ1) is 29.5. The second kappa shape index (κ2) is 13.0. The highest BCUT2D eigenvalue weighted by atomic mass is 16.6. The van der Waals surface area contributed by atoms with Crippen LogP contribution in [0.4, 0.5) is 10.7 Å². The van der Waals surface area contributed by atoms with Gasteiger partial charge in [-0.25, -0.2) is 9.78 Å². The molecule has 2 aromatic carbocycles. The molecule has 3 N–H and O–H groups in total. The van der Waals surface area contributed by atoms with E-state index in [4.69, 9.17) is 15.2 Å². The van der Waals surface area contributed by atoms with Crippen molar-refractivity contribution in [3.8, 4) is 5.88 Å². The van der Waals surface area contributed by atoms with Crippen molar-refractivity contribution in [2.75, 3.05) is 25.4 Å². The molecule has 2 aromatic heterocycles. The van der Waals surface area contributed by atoms with E-state index in [9.17, 15) is 9.59 Å². The van der Waals surface area contributed by atoms with E-state index in [1.54, 1.807) is 4.90 Å². The number of nitrogens with zero attached hydrogens (tertiary/aromatic N) is 4. The van der Waals surface area contributed by atoms with Crippen LogP contribution in [-0.2, 0) is 22.6 Å². The molecule has 10 heteroatoms. The fraction of sp³-hybridized carbons (Fsp3) is 0.306. The molecule has 0 saturated carbocycles. The third-order valence-electron chi connectivity index (χ3n) is 9.04. The van der Waals surface area contributed by atoms with Gasteiger partial charge in [0.2, 0.25) is 11.8 Å². The van der Waals surface area contributed by atoms with Gasteiger partial charge in [-0.2, -0.15) is 9.97 Å². The molecule has 1 saturated heterocycles. The van der Waals surface area contributed by atoms with Crippen LogP contribution in [0.1, 0.15) is 53.9 Å². The minimum absolute atomic E-state index is 0.0715. The summed E-state index contributed by atoms with van der Waals surface area (Å²) in [7, 11) is 0. The van der Waals surface area contributed by atoms with E-state index in [0.29, 0.717) is 56.0 Å². The molecule has 0 bridgehead atoms. The van der Waals surface area contributed by atoms with Gasteiger partial charge in [0.1, 0.15) is 24.5 Å². The van der Waals surface area contributed by atoms with Gasteiger partial charge in [-0.3, -0.25) is 4.79 Å². The molecule has 0 spiro atoms. The predicted molar refractivity (Wildman–Crippen MR) is 175 cm³/mol. The molecule has 0 radical (unpaired) electrons. The Morgan fingerprint density at radius 1 is 0.978 bits per heavy atom. The highest BCUT2D eigenvalue weighted by molar-refractivity contribution is 5.84. The lowest BCUT2D eigenvalue weighted by Gasteiger charge is -2.32. The number of nitrogen functional groups attached to an aromatic ring is 1. The number of carbonyl (C=O) groups excluding carboxylic acids is 2. The smallest absolute Gasteiger partial charge is 0.409 e. The summed E-state index contributed by atoms with van der Waals surface area (Å²) in [5, 5.41) is 0. The summed E-state index contributed by atoms with van der Waals surface area (Å²) in [5.74, 6) is 0.681. The monoisotopic (exact) mass is 616 g/mol. The molecular weight excluding hydrogens is 580 g/mol. The van der Waals surface area contributed by atoms with Crippen LogP contribution in [0.5, 0.6) is 5.88 Å². The van der Waals surface area contributed by atoms with Gasteiger partial charge < -0.3 is 25.1 Å². The van der Waals surface area contributed by atoms with Crippen molar-refractivity contribution in [2.45, 2.75) is 44.6 Å². The Hall–Kier alpha value is -5.25.